The molecule has 1 aliphatic rings. The smallest absolute Gasteiger partial charge is 0.157 e. The molecule has 1 aliphatic heterocycles. The van der Waals surface area contributed by atoms with Crippen molar-refractivity contribution in [2.75, 3.05) is 0 Å². The molecule has 0 radical (unpaired) electrons. The summed E-state index contributed by atoms with van der Waals surface area (Å²) >= 11 is 0. The lowest BCUT2D eigenvalue weighted by molar-refractivity contribution is -0.184. The van der Waals surface area contributed by atoms with E-state index in [0.29, 0.717) is 5.92 Å². The lowest BCUT2D eigenvalue weighted by Gasteiger charge is -2.29. The first-order valence-electron chi connectivity index (χ1n) is 3.53. The predicted molar refractivity (Wildman–Crippen MR) is 35.0 cm³/mol. The second kappa shape index (κ2) is 2.67. The number of hydrogen-bond acceptors (Lipinski definition) is 2. The van der Waals surface area contributed by atoms with Crippen molar-refractivity contribution >= 4 is 0 Å². The third kappa shape index (κ3) is 1.66. The topological polar surface area (TPSA) is 29.5 Å². The van der Waals surface area contributed by atoms with Crippen LogP contribution in [0.15, 0.2) is 0 Å². The highest BCUT2D eigenvalue weighted by Crippen LogP contribution is 2.22. The normalized spacial score (nSPS) is 45.0. The molecule has 0 aromatic heterocycles. The standard InChI is InChI=1S/C7H14O2/c1-5-3-4-6(2)9-7(5)8/h5-8H,3-4H2,1-2H3/t5-,6-,7+/m1/s1. The van der Waals surface area contributed by atoms with Crippen LogP contribution in [-0.4, -0.2) is 17.5 Å². The van der Waals surface area contributed by atoms with Crippen LogP contribution >= 0.6 is 0 Å². The maximum absolute atomic E-state index is 9.13. The van der Waals surface area contributed by atoms with Crippen molar-refractivity contribution < 1.29 is 9.84 Å². The molecule has 3 atom stereocenters. The van der Waals surface area contributed by atoms with E-state index in [9.17, 15) is 0 Å². The average molecular weight is 130 g/mol. The fourth-order valence-electron chi connectivity index (χ4n) is 1.08. The van der Waals surface area contributed by atoms with Crippen molar-refractivity contribution in [2.24, 2.45) is 5.92 Å². The van der Waals surface area contributed by atoms with E-state index in [4.69, 9.17) is 9.84 Å². The number of aliphatic hydroxyl groups is 1. The first-order chi connectivity index (χ1) is 4.20. The van der Waals surface area contributed by atoms with E-state index in [0.717, 1.165) is 12.8 Å². The molecule has 2 nitrogen and oxygen atoms in total. The van der Waals surface area contributed by atoms with Crippen LogP contribution in [0.1, 0.15) is 26.7 Å². The summed E-state index contributed by atoms with van der Waals surface area (Å²) in [7, 11) is 0. The third-order valence-electron chi connectivity index (χ3n) is 1.89. The van der Waals surface area contributed by atoms with Gasteiger partial charge in [-0.05, 0) is 19.8 Å². The monoisotopic (exact) mass is 130 g/mol. The zero-order valence-electron chi connectivity index (χ0n) is 6.00. The van der Waals surface area contributed by atoms with Crippen LogP contribution in [-0.2, 0) is 4.74 Å². The highest BCUT2D eigenvalue weighted by atomic mass is 16.6. The van der Waals surface area contributed by atoms with Crippen LogP contribution in [0.2, 0.25) is 0 Å². The van der Waals surface area contributed by atoms with Gasteiger partial charge in [0.25, 0.3) is 0 Å². The molecule has 2 heteroatoms. The highest BCUT2D eigenvalue weighted by Gasteiger charge is 2.23. The summed E-state index contributed by atoms with van der Waals surface area (Å²) in [5, 5.41) is 9.13. The van der Waals surface area contributed by atoms with E-state index in [1.54, 1.807) is 0 Å². The molecule has 54 valence electrons. The Kier molecular flexibility index (Phi) is 2.09. The molecule has 1 N–H and O–H groups in total. The number of aliphatic hydroxyl groups excluding tert-OH is 1. The molecule has 0 amide bonds. The highest BCUT2D eigenvalue weighted by molar-refractivity contribution is 4.66. The lowest BCUT2D eigenvalue weighted by Crippen LogP contribution is -2.31. The maximum Gasteiger partial charge on any atom is 0.157 e. The minimum absolute atomic E-state index is 0.246. The van der Waals surface area contributed by atoms with Gasteiger partial charge in [0.2, 0.25) is 0 Å². The van der Waals surface area contributed by atoms with E-state index in [2.05, 4.69) is 0 Å². The molecular weight excluding hydrogens is 116 g/mol. The Balaban J connectivity index is 2.35. The summed E-state index contributed by atoms with van der Waals surface area (Å²) in [6, 6.07) is 0. The summed E-state index contributed by atoms with van der Waals surface area (Å²) < 4.78 is 5.15. The quantitative estimate of drug-likeness (QED) is 0.533. The molecule has 1 fully saturated rings. The van der Waals surface area contributed by atoms with E-state index in [1.807, 2.05) is 13.8 Å². The maximum atomic E-state index is 9.13. The van der Waals surface area contributed by atoms with Gasteiger partial charge in [0.1, 0.15) is 0 Å². The van der Waals surface area contributed by atoms with E-state index < -0.39 is 6.29 Å². The average Bonchev–Trinajstić information content (AvgIpc) is 1.80. The molecule has 0 aromatic carbocycles. The fourth-order valence-corrected chi connectivity index (χ4v) is 1.08. The predicted octanol–water partition coefficient (Wildman–Crippen LogP) is 1.14. The van der Waals surface area contributed by atoms with Crippen molar-refractivity contribution in [1.82, 2.24) is 0 Å². The second-order valence-electron chi connectivity index (χ2n) is 2.89. The van der Waals surface area contributed by atoms with Crippen molar-refractivity contribution in [2.45, 2.75) is 39.1 Å². The molecule has 1 rings (SSSR count). The van der Waals surface area contributed by atoms with Gasteiger partial charge >= 0.3 is 0 Å². The second-order valence-corrected chi connectivity index (χ2v) is 2.89. The molecule has 0 aromatic rings. The first kappa shape index (κ1) is 7.03. The van der Waals surface area contributed by atoms with Crippen LogP contribution < -0.4 is 0 Å². The molecule has 9 heavy (non-hydrogen) atoms. The molecule has 0 spiro atoms. The zero-order chi connectivity index (χ0) is 6.85. The fraction of sp³-hybridized carbons (Fsp3) is 1.00. The van der Waals surface area contributed by atoms with Crippen molar-refractivity contribution in [1.29, 1.82) is 0 Å². The molecule has 1 saturated heterocycles. The molecule has 0 aliphatic carbocycles. The van der Waals surface area contributed by atoms with Crippen molar-refractivity contribution in [3.05, 3.63) is 0 Å². The minimum Gasteiger partial charge on any atom is -0.368 e. The first-order valence-corrected chi connectivity index (χ1v) is 3.53. The number of rotatable bonds is 0. The van der Waals surface area contributed by atoms with Crippen molar-refractivity contribution in [3.8, 4) is 0 Å². The Morgan fingerprint density at radius 2 is 2.00 bits per heavy atom. The summed E-state index contributed by atoms with van der Waals surface area (Å²) in [5.41, 5.74) is 0. The molecule has 1 heterocycles. The van der Waals surface area contributed by atoms with Gasteiger partial charge in [-0.2, -0.15) is 0 Å². The largest absolute Gasteiger partial charge is 0.368 e. The summed E-state index contributed by atoms with van der Waals surface area (Å²) in [6.07, 6.45) is 1.89. The van der Waals surface area contributed by atoms with Crippen molar-refractivity contribution in [3.63, 3.8) is 0 Å². The third-order valence-corrected chi connectivity index (χ3v) is 1.89. The zero-order valence-corrected chi connectivity index (χ0v) is 6.00. The van der Waals surface area contributed by atoms with Gasteiger partial charge in [-0.3, -0.25) is 0 Å². The van der Waals surface area contributed by atoms with Gasteiger partial charge in [-0.1, -0.05) is 6.92 Å². The summed E-state index contributed by atoms with van der Waals surface area (Å²) in [5.74, 6) is 0.321. The lowest BCUT2D eigenvalue weighted by atomic mass is 10.00. The Hall–Kier alpha value is -0.0800. The Morgan fingerprint density at radius 1 is 1.33 bits per heavy atom. The SMILES string of the molecule is C[C@@H]1CC[C@@H](C)[C@@H](O)O1. The van der Waals surface area contributed by atoms with Gasteiger partial charge < -0.3 is 9.84 Å². The van der Waals surface area contributed by atoms with E-state index in [1.165, 1.54) is 0 Å². The number of hydrogen-bond donors (Lipinski definition) is 1. The Bertz CT molecular complexity index is 92.9. The van der Waals surface area contributed by atoms with Gasteiger partial charge in [0.15, 0.2) is 6.29 Å². The minimum atomic E-state index is -0.520. The summed E-state index contributed by atoms with van der Waals surface area (Å²) in [6.45, 7) is 4.01. The Morgan fingerprint density at radius 3 is 2.44 bits per heavy atom. The summed E-state index contributed by atoms with van der Waals surface area (Å²) in [4.78, 5) is 0. The Labute approximate surface area is 55.8 Å². The molecule has 0 unspecified atom stereocenters. The van der Waals surface area contributed by atoms with Gasteiger partial charge in [0.05, 0.1) is 6.10 Å². The van der Waals surface area contributed by atoms with Gasteiger partial charge in [-0.15, -0.1) is 0 Å². The van der Waals surface area contributed by atoms with Crippen LogP contribution in [0.3, 0.4) is 0 Å². The van der Waals surface area contributed by atoms with Crippen LogP contribution in [0.5, 0.6) is 0 Å². The van der Waals surface area contributed by atoms with E-state index >= 15 is 0 Å². The van der Waals surface area contributed by atoms with Crippen LogP contribution in [0.4, 0.5) is 0 Å². The van der Waals surface area contributed by atoms with Gasteiger partial charge in [-0.25, -0.2) is 0 Å². The molecular formula is C7H14O2. The van der Waals surface area contributed by atoms with Crippen LogP contribution in [0, 0.1) is 5.92 Å². The molecule has 0 bridgehead atoms. The van der Waals surface area contributed by atoms with E-state index in [-0.39, 0.29) is 6.10 Å². The number of ether oxygens (including phenoxy) is 1. The van der Waals surface area contributed by atoms with Gasteiger partial charge in [0, 0.05) is 5.92 Å². The molecule has 0 saturated carbocycles. The van der Waals surface area contributed by atoms with Crippen LogP contribution in [0.25, 0.3) is 0 Å².